The zero-order valence-corrected chi connectivity index (χ0v) is 10.8. The smallest absolute Gasteiger partial charge is 0.142 e. The maximum Gasteiger partial charge on any atom is 0.142 e. The zero-order valence-electron chi connectivity index (χ0n) is 10.8. The van der Waals surface area contributed by atoms with Gasteiger partial charge in [0.15, 0.2) is 0 Å². The Kier molecular flexibility index (Phi) is 4.00. The van der Waals surface area contributed by atoms with Crippen LogP contribution in [-0.2, 0) is 6.54 Å². The molecule has 2 N–H and O–H groups in total. The van der Waals surface area contributed by atoms with Crippen LogP contribution in [0, 0.1) is 12.8 Å². The average Bonchev–Trinajstić information content (AvgIpc) is 2.31. The quantitative estimate of drug-likeness (QED) is 0.874. The van der Waals surface area contributed by atoms with Crippen LogP contribution in [0.4, 0.5) is 0 Å². The van der Waals surface area contributed by atoms with E-state index in [0.717, 1.165) is 35.9 Å². The Hall–Kier alpha value is -1.09. The van der Waals surface area contributed by atoms with Crippen LogP contribution in [0.5, 0.6) is 5.75 Å². The summed E-state index contributed by atoms with van der Waals surface area (Å²) in [7, 11) is 0. The summed E-state index contributed by atoms with van der Waals surface area (Å²) in [6.07, 6.45) is 5.24. The highest BCUT2D eigenvalue weighted by molar-refractivity contribution is 5.29. The highest BCUT2D eigenvalue weighted by Crippen LogP contribution is 2.28. The summed E-state index contributed by atoms with van der Waals surface area (Å²) < 4.78 is 6.06. The van der Waals surface area contributed by atoms with E-state index < -0.39 is 0 Å². The van der Waals surface area contributed by atoms with Gasteiger partial charge in [-0.25, -0.2) is 0 Å². The molecule has 1 heterocycles. The molecule has 2 rings (SSSR count). The molecule has 3 heteroatoms. The topological polar surface area (TPSA) is 48.1 Å². The molecule has 1 aliphatic carbocycles. The molecule has 1 aliphatic rings. The molecular weight excluding hydrogens is 212 g/mol. The molecule has 94 valence electrons. The summed E-state index contributed by atoms with van der Waals surface area (Å²) in [4.78, 5) is 4.43. The summed E-state index contributed by atoms with van der Waals surface area (Å²) in [5.41, 5.74) is 7.58. The van der Waals surface area contributed by atoms with Gasteiger partial charge in [0.2, 0.25) is 0 Å². The van der Waals surface area contributed by atoms with E-state index in [-0.39, 0.29) is 0 Å². The van der Waals surface area contributed by atoms with Crippen molar-refractivity contribution in [3.63, 3.8) is 0 Å². The highest BCUT2D eigenvalue weighted by Gasteiger charge is 2.21. The van der Waals surface area contributed by atoms with E-state index in [1.54, 1.807) is 0 Å². The SMILES string of the molecule is Cc1ccc(OC2CCCC(C)C2)c(CN)n1. The monoisotopic (exact) mass is 234 g/mol. The predicted molar refractivity (Wildman–Crippen MR) is 68.9 cm³/mol. The molecule has 2 unspecified atom stereocenters. The van der Waals surface area contributed by atoms with Crippen molar-refractivity contribution in [3.05, 3.63) is 23.5 Å². The molecule has 1 saturated carbocycles. The minimum absolute atomic E-state index is 0.341. The molecule has 17 heavy (non-hydrogen) atoms. The zero-order chi connectivity index (χ0) is 12.3. The minimum Gasteiger partial charge on any atom is -0.488 e. The van der Waals surface area contributed by atoms with Crippen molar-refractivity contribution < 1.29 is 4.74 Å². The second-order valence-corrected chi connectivity index (χ2v) is 5.11. The van der Waals surface area contributed by atoms with Crippen molar-refractivity contribution in [1.29, 1.82) is 0 Å². The van der Waals surface area contributed by atoms with Crippen LogP contribution in [0.2, 0.25) is 0 Å². The van der Waals surface area contributed by atoms with E-state index in [4.69, 9.17) is 10.5 Å². The van der Waals surface area contributed by atoms with E-state index in [1.165, 1.54) is 12.8 Å². The predicted octanol–water partition coefficient (Wildman–Crippen LogP) is 2.81. The van der Waals surface area contributed by atoms with Crippen LogP contribution in [0.25, 0.3) is 0 Å². The number of pyridine rings is 1. The second kappa shape index (κ2) is 5.50. The number of aromatic nitrogens is 1. The first-order valence-electron chi connectivity index (χ1n) is 6.52. The Morgan fingerprint density at radius 1 is 1.41 bits per heavy atom. The normalized spacial score (nSPS) is 24.6. The van der Waals surface area contributed by atoms with Gasteiger partial charge >= 0.3 is 0 Å². The van der Waals surface area contributed by atoms with Crippen molar-refractivity contribution in [2.45, 2.75) is 52.2 Å². The molecule has 0 radical (unpaired) electrons. The molecular formula is C14H22N2O. The fourth-order valence-corrected chi connectivity index (χ4v) is 2.52. The number of hydrogen-bond acceptors (Lipinski definition) is 3. The lowest BCUT2D eigenvalue weighted by atomic mass is 9.89. The Balaban J connectivity index is 2.07. The first-order valence-corrected chi connectivity index (χ1v) is 6.52. The molecule has 3 nitrogen and oxygen atoms in total. The van der Waals surface area contributed by atoms with Crippen LogP contribution in [0.15, 0.2) is 12.1 Å². The lowest BCUT2D eigenvalue weighted by Crippen LogP contribution is -2.25. The Bertz CT molecular complexity index is 378. The molecule has 1 aromatic rings. The average molecular weight is 234 g/mol. The van der Waals surface area contributed by atoms with Crippen molar-refractivity contribution in [2.24, 2.45) is 11.7 Å². The van der Waals surface area contributed by atoms with E-state index >= 15 is 0 Å². The summed E-state index contributed by atoms with van der Waals surface area (Å²) in [6, 6.07) is 3.99. The summed E-state index contributed by atoms with van der Waals surface area (Å²) in [5, 5.41) is 0. The third-order valence-corrected chi connectivity index (χ3v) is 3.45. The fourth-order valence-electron chi connectivity index (χ4n) is 2.52. The Morgan fingerprint density at radius 3 is 2.94 bits per heavy atom. The first kappa shape index (κ1) is 12.4. The van der Waals surface area contributed by atoms with Gasteiger partial charge in [0.05, 0.1) is 11.8 Å². The number of nitrogens with two attached hydrogens (primary N) is 1. The minimum atomic E-state index is 0.341. The van der Waals surface area contributed by atoms with Gasteiger partial charge in [0.1, 0.15) is 5.75 Å². The summed E-state index contributed by atoms with van der Waals surface area (Å²) >= 11 is 0. The van der Waals surface area contributed by atoms with E-state index in [2.05, 4.69) is 11.9 Å². The van der Waals surface area contributed by atoms with Gasteiger partial charge in [0, 0.05) is 12.2 Å². The van der Waals surface area contributed by atoms with Gasteiger partial charge in [-0.3, -0.25) is 4.98 Å². The number of aryl methyl sites for hydroxylation is 1. The fraction of sp³-hybridized carbons (Fsp3) is 0.643. The van der Waals surface area contributed by atoms with E-state index in [0.29, 0.717) is 12.6 Å². The van der Waals surface area contributed by atoms with Crippen LogP contribution in [-0.4, -0.2) is 11.1 Å². The lowest BCUT2D eigenvalue weighted by molar-refractivity contribution is 0.127. The molecule has 1 fully saturated rings. The summed E-state index contributed by atoms with van der Waals surface area (Å²) in [6.45, 7) is 4.72. The van der Waals surface area contributed by atoms with Crippen molar-refractivity contribution >= 4 is 0 Å². The maximum atomic E-state index is 6.06. The first-order chi connectivity index (χ1) is 8.19. The molecule has 0 aliphatic heterocycles. The van der Waals surface area contributed by atoms with E-state index in [9.17, 15) is 0 Å². The van der Waals surface area contributed by atoms with Gasteiger partial charge in [-0.2, -0.15) is 0 Å². The number of rotatable bonds is 3. The number of hydrogen-bond donors (Lipinski definition) is 1. The highest BCUT2D eigenvalue weighted by atomic mass is 16.5. The van der Waals surface area contributed by atoms with Crippen molar-refractivity contribution in [1.82, 2.24) is 4.98 Å². The number of nitrogens with zero attached hydrogens (tertiary/aromatic N) is 1. The molecule has 0 saturated heterocycles. The van der Waals surface area contributed by atoms with Crippen molar-refractivity contribution in [3.8, 4) is 5.75 Å². The lowest BCUT2D eigenvalue weighted by Gasteiger charge is -2.28. The Labute approximate surface area is 103 Å². The van der Waals surface area contributed by atoms with Gasteiger partial charge in [-0.15, -0.1) is 0 Å². The van der Waals surface area contributed by atoms with E-state index in [1.807, 2.05) is 19.1 Å². The van der Waals surface area contributed by atoms with Gasteiger partial charge in [0.25, 0.3) is 0 Å². The molecule has 0 spiro atoms. The second-order valence-electron chi connectivity index (χ2n) is 5.11. The Morgan fingerprint density at radius 2 is 2.24 bits per heavy atom. The standard InChI is InChI=1S/C14H22N2O/c1-10-4-3-5-12(8-10)17-14-7-6-11(2)16-13(14)9-15/h6-7,10,12H,3-5,8-9,15H2,1-2H3. The van der Waals surface area contributed by atoms with Crippen LogP contribution < -0.4 is 10.5 Å². The molecule has 2 atom stereocenters. The van der Waals surface area contributed by atoms with Gasteiger partial charge in [-0.1, -0.05) is 13.3 Å². The van der Waals surface area contributed by atoms with Crippen LogP contribution >= 0.6 is 0 Å². The molecule has 0 amide bonds. The van der Waals surface area contributed by atoms with Gasteiger partial charge in [-0.05, 0) is 44.2 Å². The maximum absolute atomic E-state index is 6.06. The summed E-state index contributed by atoms with van der Waals surface area (Å²) in [5.74, 6) is 1.64. The molecule has 0 bridgehead atoms. The third kappa shape index (κ3) is 3.19. The van der Waals surface area contributed by atoms with Crippen LogP contribution in [0.3, 0.4) is 0 Å². The largest absolute Gasteiger partial charge is 0.488 e. The number of ether oxygens (including phenoxy) is 1. The molecule has 0 aromatic carbocycles. The van der Waals surface area contributed by atoms with Crippen molar-refractivity contribution in [2.75, 3.05) is 0 Å². The van der Waals surface area contributed by atoms with Crippen LogP contribution in [0.1, 0.15) is 44.0 Å². The third-order valence-electron chi connectivity index (χ3n) is 3.45. The molecule has 1 aromatic heterocycles. The van der Waals surface area contributed by atoms with Gasteiger partial charge < -0.3 is 10.5 Å².